The van der Waals surface area contributed by atoms with Crippen LogP contribution in [0.2, 0.25) is 0 Å². The normalized spacial score (nSPS) is 13.8. The van der Waals surface area contributed by atoms with Gasteiger partial charge in [-0.15, -0.1) is 0 Å². The van der Waals surface area contributed by atoms with Gasteiger partial charge in [0, 0.05) is 12.1 Å². The van der Waals surface area contributed by atoms with Crippen molar-refractivity contribution in [3.8, 4) is 0 Å². The molecule has 2 amide bonds. The Morgan fingerprint density at radius 2 is 1.86 bits per heavy atom. The molecule has 1 heterocycles. The molecule has 2 aromatic carbocycles. The van der Waals surface area contributed by atoms with Gasteiger partial charge < -0.3 is 15.0 Å². The van der Waals surface area contributed by atoms with Gasteiger partial charge in [0.15, 0.2) is 0 Å². The van der Waals surface area contributed by atoms with Gasteiger partial charge in [-0.25, -0.2) is 0 Å². The highest BCUT2D eigenvalue weighted by atomic mass is 16.5. The first-order valence-corrected chi connectivity index (χ1v) is 9.37. The van der Waals surface area contributed by atoms with Crippen LogP contribution < -0.4 is 5.32 Å². The molecule has 0 fully saturated rings. The van der Waals surface area contributed by atoms with Crippen LogP contribution in [-0.2, 0) is 20.9 Å². The van der Waals surface area contributed by atoms with Gasteiger partial charge in [0.2, 0.25) is 5.91 Å². The van der Waals surface area contributed by atoms with Crippen molar-refractivity contribution in [2.45, 2.75) is 32.9 Å². The summed E-state index contributed by atoms with van der Waals surface area (Å²) in [6.07, 6.45) is 0.0716. The minimum absolute atomic E-state index is 0.0716. The molecule has 2 aromatic rings. The predicted octanol–water partition coefficient (Wildman–Crippen LogP) is 2.76. The maximum Gasteiger partial charge on any atom is 0.325 e. The zero-order valence-corrected chi connectivity index (χ0v) is 16.1. The highest BCUT2D eigenvalue weighted by Crippen LogP contribution is 2.33. The average Bonchev–Trinajstić information content (AvgIpc) is 3.02. The summed E-state index contributed by atoms with van der Waals surface area (Å²) < 4.78 is 4.84. The second kappa shape index (κ2) is 8.69. The quantitative estimate of drug-likeness (QED) is 0.750. The van der Waals surface area contributed by atoms with Gasteiger partial charge in [0.1, 0.15) is 6.54 Å². The number of rotatable bonds is 7. The van der Waals surface area contributed by atoms with E-state index in [9.17, 15) is 14.4 Å². The van der Waals surface area contributed by atoms with Gasteiger partial charge in [0.25, 0.3) is 5.91 Å². The number of carbonyl (C=O) groups excluding carboxylic acids is 3. The number of nitrogens with one attached hydrogen (secondary N) is 1. The molecular weight excluding hydrogens is 356 g/mol. The highest BCUT2D eigenvalue weighted by Gasteiger charge is 2.34. The van der Waals surface area contributed by atoms with Crippen LogP contribution in [0.25, 0.3) is 0 Å². The molecule has 1 aliphatic heterocycles. The fraction of sp³-hybridized carbons (Fsp3) is 0.318. The number of hydrogen-bond acceptors (Lipinski definition) is 4. The number of ether oxygens (including phenoxy) is 1. The van der Waals surface area contributed by atoms with Crippen molar-refractivity contribution in [3.05, 3.63) is 70.8 Å². The summed E-state index contributed by atoms with van der Waals surface area (Å²) in [5, 5.41) is 2.59. The van der Waals surface area contributed by atoms with Crippen molar-refractivity contribution < 1.29 is 19.1 Å². The molecule has 146 valence electrons. The summed E-state index contributed by atoms with van der Waals surface area (Å²) in [6, 6.07) is 14.9. The first-order valence-electron chi connectivity index (χ1n) is 9.37. The van der Waals surface area contributed by atoms with Crippen LogP contribution >= 0.6 is 0 Å². The molecule has 6 heteroatoms. The van der Waals surface area contributed by atoms with E-state index in [0.717, 1.165) is 16.7 Å². The van der Waals surface area contributed by atoms with Crippen LogP contribution in [0.4, 0.5) is 0 Å². The van der Waals surface area contributed by atoms with E-state index in [0.29, 0.717) is 12.1 Å². The SMILES string of the molecule is CCOC(=O)CNC(=O)C[C@@H](c1ccc(C)cc1)N1Cc2ccccc2C1=O. The minimum atomic E-state index is -0.479. The maximum atomic E-state index is 12.9. The van der Waals surface area contributed by atoms with Crippen LogP contribution in [0, 0.1) is 6.92 Å². The van der Waals surface area contributed by atoms with E-state index in [1.54, 1.807) is 11.8 Å². The molecule has 0 saturated carbocycles. The number of benzene rings is 2. The fourth-order valence-corrected chi connectivity index (χ4v) is 3.36. The lowest BCUT2D eigenvalue weighted by Gasteiger charge is -2.28. The predicted molar refractivity (Wildman–Crippen MR) is 104 cm³/mol. The number of aryl methyl sites for hydroxylation is 1. The van der Waals surface area contributed by atoms with E-state index in [2.05, 4.69) is 5.32 Å². The Balaban J connectivity index is 1.79. The van der Waals surface area contributed by atoms with Crippen molar-refractivity contribution in [3.63, 3.8) is 0 Å². The largest absolute Gasteiger partial charge is 0.465 e. The van der Waals surface area contributed by atoms with Crippen LogP contribution in [-0.4, -0.2) is 35.8 Å². The monoisotopic (exact) mass is 380 g/mol. The first kappa shape index (κ1) is 19.6. The topological polar surface area (TPSA) is 75.7 Å². The standard InChI is InChI=1S/C22H24N2O4/c1-3-28-21(26)13-23-20(25)12-19(16-10-8-15(2)9-11-16)24-14-17-6-4-5-7-18(17)22(24)27/h4-11,19H,3,12-14H2,1-2H3,(H,23,25)/t19-/m0/s1. The molecule has 6 nitrogen and oxygen atoms in total. The lowest BCUT2D eigenvalue weighted by Crippen LogP contribution is -2.36. The molecule has 0 aliphatic carbocycles. The number of hydrogen-bond donors (Lipinski definition) is 1. The molecular formula is C22H24N2O4. The Labute approximate surface area is 164 Å². The number of carbonyl (C=O) groups is 3. The van der Waals surface area contributed by atoms with Gasteiger partial charge in [0.05, 0.1) is 19.1 Å². The molecule has 0 radical (unpaired) electrons. The van der Waals surface area contributed by atoms with Crippen molar-refractivity contribution in [1.82, 2.24) is 10.2 Å². The molecule has 28 heavy (non-hydrogen) atoms. The number of nitrogens with zero attached hydrogens (tertiary/aromatic N) is 1. The lowest BCUT2D eigenvalue weighted by atomic mass is 10.0. The van der Waals surface area contributed by atoms with E-state index in [-0.39, 0.29) is 31.4 Å². The van der Waals surface area contributed by atoms with E-state index in [1.807, 2.05) is 55.5 Å². The second-order valence-electron chi connectivity index (χ2n) is 6.80. The molecule has 3 rings (SSSR count). The number of esters is 1. The van der Waals surface area contributed by atoms with E-state index < -0.39 is 12.0 Å². The fourth-order valence-electron chi connectivity index (χ4n) is 3.36. The zero-order chi connectivity index (χ0) is 20.1. The average molecular weight is 380 g/mol. The Morgan fingerprint density at radius 1 is 1.14 bits per heavy atom. The summed E-state index contributed by atoms with van der Waals surface area (Å²) in [5.41, 5.74) is 3.62. The summed E-state index contributed by atoms with van der Waals surface area (Å²) in [4.78, 5) is 38.6. The lowest BCUT2D eigenvalue weighted by molar-refractivity contribution is -0.143. The highest BCUT2D eigenvalue weighted by molar-refractivity contribution is 5.99. The summed E-state index contributed by atoms with van der Waals surface area (Å²) in [6.45, 7) is 4.24. The van der Waals surface area contributed by atoms with E-state index >= 15 is 0 Å². The molecule has 0 aromatic heterocycles. The number of amides is 2. The molecule has 0 unspecified atom stereocenters. The summed E-state index contributed by atoms with van der Waals surface area (Å²) >= 11 is 0. The van der Waals surface area contributed by atoms with Crippen LogP contribution in [0.5, 0.6) is 0 Å². The molecule has 0 bridgehead atoms. The summed E-state index contributed by atoms with van der Waals surface area (Å²) in [5.74, 6) is -0.867. The van der Waals surface area contributed by atoms with Crippen molar-refractivity contribution >= 4 is 17.8 Å². The minimum Gasteiger partial charge on any atom is -0.465 e. The summed E-state index contributed by atoms with van der Waals surface area (Å²) in [7, 11) is 0. The van der Waals surface area contributed by atoms with Crippen molar-refractivity contribution in [2.75, 3.05) is 13.2 Å². The molecule has 1 N–H and O–H groups in total. The zero-order valence-electron chi connectivity index (χ0n) is 16.1. The molecule has 1 aliphatic rings. The molecule has 0 spiro atoms. The Morgan fingerprint density at radius 3 is 2.54 bits per heavy atom. The van der Waals surface area contributed by atoms with Crippen molar-refractivity contribution in [2.24, 2.45) is 0 Å². The Hall–Kier alpha value is -3.15. The second-order valence-corrected chi connectivity index (χ2v) is 6.80. The van der Waals surface area contributed by atoms with Gasteiger partial charge in [-0.05, 0) is 31.0 Å². The van der Waals surface area contributed by atoms with E-state index in [4.69, 9.17) is 4.74 Å². The third-order valence-corrected chi connectivity index (χ3v) is 4.80. The van der Waals surface area contributed by atoms with E-state index in [1.165, 1.54) is 0 Å². The maximum absolute atomic E-state index is 12.9. The van der Waals surface area contributed by atoms with Gasteiger partial charge in [-0.2, -0.15) is 0 Å². The van der Waals surface area contributed by atoms with Crippen LogP contribution in [0.3, 0.4) is 0 Å². The molecule has 0 saturated heterocycles. The smallest absolute Gasteiger partial charge is 0.325 e. The Bertz CT molecular complexity index is 876. The number of fused-ring (bicyclic) bond motifs is 1. The molecule has 1 atom stereocenters. The third kappa shape index (κ3) is 4.39. The first-order chi connectivity index (χ1) is 13.5. The van der Waals surface area contributed by atoms with Crippen molar-refractivity contribution in [1.29, 1.82) is 0 Å². The Kier molecular flexibility index (Phi) is 6.09. The van der Waals surface area contributed by atoms with Gasteiger partial charge >= 0.3 is 5.97 Å². The van der Waals surface area contributed by atoms with Crippen LogP contribution in [0.1, 0.15) is 46.4 Å². The van der Waals surface area contributed by atoms with Gasteiger partial charge in [-0.1, -0.05) is 48.0 Å². The third-order valence-electron chi connectivity index (χ3n) is 4.80. The van der Waals surface area contributed by atoms with Gasteiger partial charge in [-0.3, -0.25) is 14.4 Å². The van der Waals surface area contributed by atoms with Crippen LogP contribution in [0.15, 0.2) is 48.5 Å².